The van der Waals surface area contributed by atoms with E-state index in [1.165, 1.54) is 0 Å². The second kappa shape index (κ2) is 5.65. The van der Waals surface area contributed by atoms with E-state index in [1.807, 2.05) is 25.1 Å². The topological polar surface area (TPSA) is 12.0 Å². The quantitative estimate of drug-likeness (QED) is 0.853. The van der Waals surface area contributed by atoms with E-state index in [1.54, 1.807) is 0 Å². The van der Waals surface area contributed by atoms with Crippen molar-refractivity contribution in [3.63, 3.8) is 0 Å². The van der Waals surface area contributed by atoms with Crippen LogP contribution in [0.2, 0.25) is 0 Å². The maximum atomic E-state index is 13.4. The Balaban J connectivity index is 2.16. The molecule has 0 radical (unpaired) electrons. The van der Waals surface area contributed by atoms with E-state index >= 15 is 0 Å². The molecule has 19 heavy (non-hydrogen) atoms. The fraction of sp³-hybridized carbons (Fsp3) is 0.143. The SMILES string of the molecule is Cc1ccc(CNc2c(F)cc(F)cc2F)cc1Br. The Hall–Kier alpha value is -1.49. The second-order valence-electron chi connectivity index (χ2n) is 4.18. The Morgan fingerprint density at radius 3 is 2.26 bits per heavy atom. The zero-order valence-corrected chi connectivity index (χ0v) is 11.7. The lowest BCUT2D eigenvalue weighted by Crippen LogP contribution is -2.04. The molecule has 0 fully saturated rings. The van der Waals surface area contributed by atoms with Crippen molar-refractivity contribution in [2.24, 2.45) is 0 Å². The molecule has 0 bridgehead atoms. The molecule has 0 amide bonds. The number of hydrogen-bond donors (Lipinski definition) is 1. The fourth-order valence-electron chi connectivity index (χ4n) is 1.65. The molecular weight excluding hydrogens is 319 g/mol. The third kappa shape index (κ3) is 3.29. The van der Waals surface area contributed by atoms with Crippen LogP contribution in [0.4, 0.5) is 18.9 Å². The van der Waals surface area contributed by atoms with E-state index in [4.69, 9.17) is 0 Å². The molecule has 0 aliphatic carbocycles. The molecule has 2 aromatic carbocycles. The lowest BCUT2D eigenvalue weighted by molar-refractivity contribution is 0.547. The largest absolute Gasteiger partial charge is 0.376 e. The van der Waals surface area contributed by atoms with Crippen LogP contribution >= 0.6 is 15.9 Å². The van der Waals surface area contributed by atoms with Gasteiger partial charge in [0.1, 0.15) is 11.5 Å². The molecule has 1 nitrogen and oxygen atoms in total. The van der Waals surface area contributed by atoms with E-state index < -0.39 is 17.5 Å². The van der Waals surface area contributed by atoms with Crippen LogP contribution in [0.25, 0.3) is 0 Å². The summed E-state index contributed by atoms with van der Waals surface area (Å²) in [6, 6.07) is 6.92. The first kappa shape index (κ1) is 13.9. The van der Waals surface area contributed by atoms with Crippen LogP contribution in [0.5, 0.6) is 0 Å². The van der Waals surface area contributed by atoms with Gasteiger partial charge in [-0.1, -0.05) is 28.1 Å². The summed E-state index contributed by atoms with van der Waals surface area (Å²) < 4.78 is 40.5. The first-order valence-corrected chi connectivity index (χ1v) is 6.40. The van der Waals surface area contributed by atoms with E-state index in [9.17, 15) is 13.2 Å². The van der Waals surface area contributed by atoms with Gasteiger partial charge in [-0.05, 0) is 24.1 Å². The summed E-state index contributed by atoms with van der Waals surface area (Å²) in [5.41, 5.74) is 1.61. The van der Waals surface area contributed by atoms with Gasteiger partial charge in [0.05, 0.1) is 0 Å². The van der Waals surface area contributed by atoms with E-state index in [2.05, 4.69) is 21.2 Å². The van der Waals surface area contributed by atoms with Gasteiger partial charge in [0, 0.05) is 23.2 Å². The van der Waals surface area contributed by atoms with E-state index in [-0.39, 0.29) is 12.2 Å². The smallest absolute Gasteiger partial charge is 0.152 e. The number of benzene rings is 2. The number of aryl methyl sites for hydroxylation is 1. The number of nitrogens with one attached hydrogen (secondary N) is 1. The fourth-order valence-corrected chi connectivity index (χ4v) is 2.07. The highest BCUT2D eigenvalue weighted by molar-refractivity contribution is 9.10. The van der Waals surface area contributed by atoms with Crippen LogP contribution in [0.1, 0.15) is 11.1 Å². The van der Waals surface area contributed by atoms with Crippen LogP contribution in [0.15, 0.2) is 34.8 Å². The summed E-state index contributed by atoms with van der Waals surface area (Å²) in [6.07, 6.45) is 0. The minimum Gasteiger partial charge on any atom is -0.376 e. The lowest BCUT2D eigenvalue weighted by atomic mass is 10.1. The van der Waals surface area contributed by atoms with Gasteiger partial charge >= 0.3 is 0 Å². The van der Waals surface area contributed by atoms with Gasteiger partial charge < -0.3 is 5.32 Å². The summed E-state index contributed by atoms with van der Waals surface area (Å²) in [4.78, 5) is 0. The number of rotatable bonds is 3. The lowest BCUT2D eigenvalue weighted by Gasteiger charge is -2.10. The average molecular weight is 330 g/mol. The van der Waals surface area contributed by atoms with Crippen molar-refractivity contribution in [1.82, 2.24) is 0 Å². The third-order valence-electron chi connectivity index (χ3n) is 2.71. The zero-order chi connectivity index (χ0) is 14.0. The molecule has 100 valence electrons. The molecule has 0 atom stereocenters. The predicted octanol–water partition coefficient (Wildman–Crippen LogP) is 4.79. The Labute approximate surface area is 117 Å². The first-order chi connectivity index (χ1) is 8.97. The van der Waals surface area contributed by atoms with Crippen LogP contribution in [0.3, 0.4) is 0 Å². The minimum atomic E-state index is -0.941. The van der Waals surface area contributed by atoms with Gasteiger partial charge in [-0.25, -0.2) is 13.2 Å². The molecule has 0 aliphatic rings. The van der Waals surface area contributed by atoms with Crippen molar-refractivity contribution in [1.29, 1.82) is 0 Å². The monoisotopic (exact) mass is 329 g/mol. The Morgan fingerprint density at radius 2 is 1.68 bits per heavy atom. The van der Waals surface area contributed by atoms with Crippen molar-refractivity contribution in [3.8, 4) is 0 Å². The third-order valence-corrected chi connectivity index (χ3v) is 3.57. The van der Waals surface area contributed by atoms with Gasteiger partial charge in [0.25, 0.3) is 0 Å². The van der Waals surface area contributed by atoms with Crippen molar-refractivity contribution in [3.05, 3.63) is 63.4 Å². The number of anilines is 1. The van der Waals surface area contributed by atoms with Gasteiger partial charge in [-0.2, -0.15) is 0 Å². The molecular formula is C14H11BrF3N. The molecule has 0 heterocycles. The van der Waals surface area contributed by atoms with Crippen molar-refractivity contribution >= 4 is 21.6 Å². The molecule has 5 heteroatoms. The summed E-state index contributed by atoms with van der Waals surface area (Å²) in [7, 11) is 0. The molecule has 0 saturated heterocycles. The van der Waals surface area contributed by atoms with Crippen molar-refractivity contribution in [2.45, 2.75) is 13.5 Å². The summed E-state index contributed by atoms with van der Waals surface area (Å²) in [5, 5.41) is 2.63. The Kier molecular flexibility index (Phi) is 4.14. The molecule has 2 rings (SSSR count). The molecule has 1 N–H and O–H groups in total. The highest BCUT2D eigenvalue weighted by Gasteiger charge is 2.11. The van der Waals surface area contributed by atoms with E-state index in [0.29, 0.717) is 12.1 Å². The molecule has 0 aliphatic heterocycles. The van der Waals surface area contributed by atoms with Gasteiger partial charge in [0.15, 0.2) is 11.6 Å². The normalized spacial score (nSPS) is 10.6. The summed E-state index contributed by atoms with van der Waals surface area (Å²) >= 11 is 3.39. The van der Waals surface area contributed by atoms with Gasteiger partial charge in [0.2, 0.25) is 0 Å². The highest BCUT2D eigenvalue weighted by atomic mass is 79.9. The molecule has 0 saturated carbocycles. The van der Waals surface area contributed by atoms with Crippen molar-refractivity contribution in [2.75, 3.05) is 5.32 Å². The highest BCUT2D eigenvalue weighted by Crippen LogP contribution is 2.22. The maximum absolute atomic E-state index is 13.4. The minimum absolute atomic E-state index is 0.248. The van der Waals surface area contributed by atoms with Gasteiger partial charge in [-0.15, -0.1) is 0 Å². The van der Waals surface area contributed by atoms with Gasteiger partial charge in [-0.3, -0.25) is 0 Å². The summed E-state index contributed by atoms with van der Waals surface area (Å²) in [6.45, 7) is 2.19. The zero-order valence-electron chi connectivity index (χ0n) is 10.1. The number of halogens is 4. The van der Waals surface area contributed by atoms with Crippen LogP contribution in [0, 0.1) is 24.4 Å². The summed E-state index contributed by atoms with van der Waals surface area (Å²) in [5.74, 6) is -2.81. The first-order valence-electron chi connectivity index (χ1n) is 5.61. The molecule has 0 unspecified atom stereocenters. The maximum Gasteiger partial charge on any atom is 0.152 e. The Bertz CT molecular complexity index is 591. The molecule has 0 aromatic heterocycles. The van der Waals surface area contributed by atoms with Crippen LogP contribution in [-0.4, -0.2) is 0 Å². The Morgan fingerprint density at radius 1 is 1.05 bits per heavy atom. The standard InChI is InChI=1S/C14H11BrF3N/c1-8-2-3-9(4-11(8)15)7-19-14-12(17)5-10(16)6-13(14)18/h2-6,19H,7H2,1H3. The van der Waals surface area contributed by atoms with Crippen LogP contribution in [-0.2, 0) is 6.54 Å². The van der Waals surface area contributed by atoms with E-state index in [0.717, 1.165) is 15.6 Å². The molecule has 0 spiro atoms. The molecule has 2 aromatic rings. The number of hydrogen-bond acceptors (Lipinski definition) is 1. The van der Waals surface area contributed by atoms with Crippen LogP contribution < -0.4 is 5.32 Å². The predicted molar refractivity (Wildman–Crippen MR) is 72.5 cm³/mol. The second-order valence-corrected chi connectivity index (χ2v) is 5.04. The van der Waals surface area contributed by atoms with Crippen molar-refractivity contribution < 1.29 is 13.2 Å². The average Bonchev–Trinajstić information content (AvgIpc) is 2.32.